The highest BCUT2D eigenvalue weighted by atomic mass is 16.3. The van der Waals surface area contributed by atoms with Gasteiger partial charge >= 0.3 is 0 Å². The van der Waals surface area contributed by atoms with Gasteiger partial charge in [-0.15, -0.1) is 0 Å². The third-order valence-electron chi connectivity index (χ3n) is 4.96. The largest absolute Gasteiger partial charge is 0.508 e. The zero-order valence-corrected chi connectivity index (χ0v) is 12.4. The van der Waals surface area contributed by atoms with E-state index in [1.165, 1.54) is 44.3 Å². The summed E-state index contributed by atoms with van der Waals surface area (Å²) in [7, 11) is 0. The normalized spacial score (nSPS) is 28.2. The van der Waals surface area contributed by atoms with Gasteiger partial charge in [-0.25, -0.2) is 0 Å². The number of phenols is 1. The van der Waals surface area contributed by atoms with Gasteiger partial charge in [-0.1, -0.05) is 19.1 Å². The molecule has 2 N–H and O–H groups in total. The van der Waals surface area contributed by atoms with Crippen LogP contribution in [0, 0.1) is 0 Å². The van der Waals surface area contributed by atoms with Crippen LogP contribution in [-0.4, -0.2) is 35.2 Å². The van der Waals surface area contributed by atoms with Crippen molar-refractivity contribution in [3.63, 3.8) is 0 Å². The molecule has 2 aliphatic rings. The van der Waals surface area contributed by atoms with Gasteiger partial charge in [0.2, 0.25) is 0 Å². The van der Waals surface area contributed by atoms with Crippen LogP contribution in [0.15, 0.2) is 24.3 Å². The summed E-state index contributed by atoms with van der Waals surface area (Å²) in [6.07, 6.45) is 6.43. The summed E-state index contributed by atoms with van der Waals surface area (Å²) in [5, 5.41) is 13.3. The molecule has 2 fully saturated rings. The predicted octanol–water partition coefficient (Wildman–Crippen LogP) is 3.06. The second kappa shape index (κ2) is 6.15. The highest BCUT2D eigenvalue weighted by Gasteiger charge is 2.32. The van der Waals surface area contributed by atoms with Gasteiger partial charge in [0.25, 0.3) is 0 Å². The van der Waals surface area contributed by atoms with E-state index in [0.717, 1.165) is 12.5 Å². The minimum atomic E-state index is 0.350. The molecule has 0 radical (unpaired) electrons. The summed E-state index contributed by atoms with van der Waals surface area (Å²) in [6, 6.07) is 9.54. The fraction of sp³-hybridized carbons (Fsp3) is 0.647. The maximum absolute atomic E-state index is 9.41. The van der Waals surface area contributed by atoms with E-state index < -0.39 is 0 Å². The molecule has 2 heterocycles. The average Bonchev–Trinajstić information content (AvgIpc) is 2.93. The van der Waals surface area contributed by atoms with Crippen molar-refractivity contribution < 1.29 is 5.11 Å². The average molecular weight is 274 g/mol. The maximum Gasteiger partial charge on any atom is 0.115 e. The van der Waals surface area contributed by atoms with E-state index in [9.17, 15) is 5.11 Å². The number of nitrogens with zero attached hydrogens (tertiary/aromatic N) is 1. The molecule has 1 aromatic carbocycles. The van der Waals surface area contributed by atoms with Crippen LogP contribution in [0.25, 0.3) is 0 Å². The van der Waals surface area contributed by atoms with Crippen molar-refractivity contribution >= 4 is 0 Å². The van der Waals surface area contributed by atoms with Crippen LogP contribution >= 0.6 is 0 Å². The molecular weight excluding hydrogens is 248 g/mol. The molecule has 110 valence electrons. The number of nitrogens with one attached hydrogen (secondary N) is 1. The Morgan fingerprint density at radius 3 is 2.80 bits per heavy atom. The number of piperidine rings is 1. The lowest BCUT2D eigenvalue weighted by Gasteiger charge is -2.37. The van der Waals surface area contributed by atoms with E-state index in [2.05, 4.69) is 17.1 Å². The smallest absolute Gasteiger partial charge is 0.115 e. The maximum atomic E-state index is 9.41. The van der Waals surface area contributed by atoms with E-state index in [0.29, 0.717) is 17.8 Å². The number of rotatable bonds is 4. The lowest BCUT2D eigenvalue weighted by Crippen LogP contribution is -2.46. The molecule has 3 unspecified atom stereocenters. The van der Waals surface area contributed by atoms with Crippen molar-refractivity contribution in [3.8, 4) is 5.75 Å². The molecule has 0 amide bonds. The molecular formula is C17H26N2O. The van der Waals surface area contributed by atoms with Gasteiger partial charge in [0.05, 0.1) is 0 Å². The monoisotopic (exact) mass is 274 g/mol. The van der Waals surface area contributed by atoms with Gasteiger partial charge in [-0.3, -0.25) is 0 Å². The first kappa shape index (κ1) is 13.9. The first-order valence-electron chi connectivity index (χ1n) is 8.05. The summed E-state index contributed by atoms with van der Waals surface area (Å²) in [4.78, 5) is 2.67. The Balaban J connectivity index is 1.61. The molecule has 3 atom stereocenters. The van der Waals surface area contributed by atoms with Gasteiger partial charge in [-0.2, -0.15) is 0 Å². The van der Waals surface area contributed by atoms with Gasteiger partial charge in [-0.05, 0) is 62.9 Å². The van der Waals surface area contributed by atoms with Crippen molar-refractivity contribution in [2.75, 3.05) is 13.1 Å². The summed E-state index contributed by atoms with van der Waals surface area (Å²) in [6.45, 7) is 4.80. The molecule has 0 bridgehead atoms. The molecule has 0 spiro atoms. The number of hydrogen-bond acceptors (Lipinski definition) is 3. The van der Waals surface area contributed by atoms with Crippen molar-refractivity contribution in [1.29, 1.82) is 0 Å². The molecule has 0 aromatic heterocycles. The summed E-state index contributed by atoms with van der Waals surface area (Å²) >= 11 is 0. The third kappa shape index (κ3) is 2.99. The molecule has 3 nitrogen and oxygen atoms in total. The first-order chi connectivity index (χ1) is 9.76. The Labute approximate surface area is 122 Å². The molecule has 0 aliphatic carbocycles. The van der Waals surface area contributed by atoms with Gasteiger partial charge in [0.1, 0.15) is 5.75 Å². The van der Waals surface area contributed by atoms with E-state index in [-0.39, 0.29) is 0 Å². The van der Waals surface area contributed by atoms with Crippen molar-refractivity contribution in [2.45, 2.75) is 57.2 Å². The third-order valence-corrected chi connectivity index (χ3v) is 4.96. The quantitative estimate of drug-likeness (QED) is 0.886. The number of aromatic hydroxyl groups is 1. The highest BCUT2D eigenvalue weighted by Crippen LogP contribution is 2.29. The number of hydrogen-bond donors (Lipinski definition) is 2. The van der Waals surface area contributed by atoms with Gasteiger partial charge in [0.15, 0.2) is 0 Å². The van der Waals surface area contributed by atoms with E-state index in [4.69, 9.17) is 0 Å². The fourth-order valence-corrected chi connectivity index (χ4v) is 3.82. The van der Waals surface area contributed by atoms with Crippen molar-refractivity contribution in [3.05, 3.63) is 29.8 Å². The summed E-state index contributed by atoms with van der Waals surface area (Å²) in [5.74, 6) is 0.350. The van der Waals surface area contributed by atoms with Crippen LogP contribution in [0.5, 0.6) is 5.75 Å². The van der Waals surface area contributed by atoms with Crippen LogP contribution in [0.1, 0.15) is 50.6 Å². The summed E-state index contributed by atoms with van der Waals surface area (Å²) < 4.78 is 0. The lowest BCUT2D eigenvalue weighted by molar-refractivity contribution is 0.160. The van der Waals surface area contributed by atoms with Gasteiger partial charge < -0.3 is 15.3 Å². The Kier molecular flexibility index (Phi) is 4.27. The molecule has 3 heteroatoms. The molecule has 3 rings (SSSR count). The van der Waals surface area contributed by atoms with Gasteiger partial charge in [0, 0.05) is 18.1 Å². The molecule has 20 heavy (non-hydrogen) atoms. The minimum Gasteiger partial charge on any atom is -0.508 e. The Morgan fingerprint density at radius 1 is 1.25 bits per heavy atom. The standard InChI is InChI=1S/C17H26N2O/c1-2-17(13-5-7-16(20)8-6-13)18-14-9-11-19-10-3-4-15(19)12-14/h5-8,14-15,17-18,20H,2-4,9-12H2,1H3. The van der Waals surface area contributed by atoms with Crippen molar-refractivity contribution in [1.82, 2.24) is 10.2 Å². The van der Waals surface area contributed by atoms with Crippen LogP contribution < -0.4 is 5.32 Å². The van der Waals surface area contributed by atoms with E-state index in [1.54, 1.807) is 12.1 Å². The number of phenolic OH excluding ortho intramolecular Hbond substituents is 1. The highest BCUT2D eigenvalue weighted by molar-refractivity contribution is 5.28. The van der Waals surface area contributed by atoms with Crippen LogP contribution in [0.4, 0.5) is 0 Å². The van der Waals surface area contributed by atoms with E-state index in [1.807, 2.05) is 12.1 Å². The summed E-state index contributed by atoms with van der Waals surface area (Å²) in [5.41, 5.74) is 1.29. The minimum absolute atomic E-state index is 0.350. The zero-order valence-electron chi connectivity index (χ0n) is 12.4. The first-order valence-corrected chi connectivity index (χ1v) is 8.05. The van der Waals surface area contributed by atoms with E-state index >= 15 is 0 Å². The predicted molar refractivity (Wildman–Crippen MR) is 81.9 cm³/mol. The number of benzene rings is 1. The fourth-order valence-electron chi connectivity index (χ4n) is 3.82. The van der Waals surface area contributed by atoms with Crippen molar-refractivity contribution in [2.24, 2.45) is 0 Å². The second-order valence-corrected chi connectivity index (χ2v) is 6.27. The SMILES string of the molecule is CCC(NC1CCN2CCCC2C1)c1ccc(O)cc1. The Bertz CT molecular complexity index is 431. The molecule has 0 saturated carbocycles. The molecule has 1 aromatic rings. The Hall–Kier alpha value is -1.06. The molecule has 2 saturated heterocycles. The van der Waals surface area contributed by atoms with Crippen LogP contribution in [0.3, 0.4) is 0 Å². The zero-order chi connectivity index (χ0) is 13.9. The molecule has 2 aliphatic heterocycles. The van der Waals surface area contributed by atoms with Crippen LogP contribution in [-0.2, 0) is 0 Å². The Morgan fingerprint density at radius 2 is 2.05 bits per heavy atom. The second-order valence-electron chi connectivity index (χ2n) is 6.27. The topological polar surface area (TPSA) is 35.5 Å². The number of fused-ring (bicyclic) bond motifs is 1. The lowest BCUT2D eigenvalue weighted by atomic mass is 9.95. The van der Waals surface area contributed by atoms with Crippen LogP contribution in [0.2, 0.25) is 0 Å².